The van der Waals surface area contributed by atoms with E-state index in [9.17, 15) is 4.79 Å². The van der Waals surface area contributed by atoms with Crippen LogP contribution in [0.1, 0.15) is 15.9 Å². The van der Waals surface area contributed by atoms with E-state index in [2.05, 4.69) is 15.3 Å². The van der Waals surface area contributed by atoms with E-state index in [1.807, 2.05) is 42.5 Å². The van der Waals surface area contributed by atoms with Crippen molar-refractivity contribution in [3.8, 4) is 5.88 Å². The summed E-state index contributed by atoms with van der Waals surface area (Å²) in [7, 11) is 1.56. The zero-order valence-electron chi connectivity index (χ0n) is 13.7. The molecule has 2 aromatic heterocycles. The number of carbonyl (C=O) groups is 1. The maximum absolute atomic E-state index is 12.3. The lowest BCUT2D eigenvalue weighted by molar-refractivity contribution is 0.0950. The molecule has 126 valence electrons. The monoisotopic (exact) mass is 351 g/mol. The number of hydrogen-bond donors (Lipinski definition) is 1. The fourth-order valence-corrected chi connectivity index (χ4v) is 3.00. The summed E-state index contributed by atoms with van der Waals surface area (Å²) in [6, 6.07) is 16.9. The summed E-state index contributed by atoms with van der Waals surface area (Å²) >= 11 is 1.56. The van der Waals surface area contributed by atoms with Crippen LogP contribution >= 0.6 is 11.8 Å². The molecule has 0 aliphatic heterocycles. The van der Waals surface area contributed by atoms with E-state index in [1.165, 1.54) is 0 Å². The Kier molecular flexibility index (Phi) is 5.64. The van der Waals surface area contributed by atoms with Crippen LogP contribution in [-0.2, 0) is 6.54 Å². The second-order valence-electron chi connectivity index (χ2n) is 5.15. The van der Waals surface area contributed by atoms with Crippen molar-refractivity contribution in [3.05, 3.63) is 78.1 Å². The van der Waals surface area contributed by atoms with Gasteiger partial charge in [0.2, 0.25) is 5.88 Å². The third kappa shape index (κ3) is 4.58. The smallest absolute Gasteiger partial charge is 0.251 e. The van der Waals surface area contributed by atoms with Crippen LogP contribution in [0.4, 0.5) is 0 Å². The van der Waals surface area contributed by atoms with Crippen LogP contribution in [0.3, 0.4) is 0 Å². The summed E-state index contributed by atoms with van der Waals surface area (Å²) in [6.07, 6.45) is 3.42. The molecule has 6 heteroatoms. The van der Waals surface area contributed by atoms with Crippen molar-refractivity contribution in [2.75, 3.05) is 7.11 Å². The normalized spacial score (nSPS) is 10.3. The Hall–Kier alpha value is -2.86. The van der Waals surface area contributed by atoms with Crippen molar-refractivity contribution in [2.45, 2.75) is 16.5 Å². The molecule has 0 fully saturated rings. The van der Waals surface area contributed by atoms with Crippen LogP contribution in [0.5, 0.6) is 5.88 Å². The van der Waals surface area contributed by atoms with Gasteiger partial charge in [-0.05, 0) is 42.5 Å². The summed E-state index contributed by atoms with van der Waals surface area (Å²) in [6.45, 7) is 0.361. The van der Waals surface area contributed by atoms with E-state index in [1.54, 1.807) is 43.4 Å². The van der Waals surface area contributed by atoms with E-state index >= 15 is 0 Å². The summed E-state index contributed by atoms with van der Waals surface area (Å²) in [5.41, 5.74) is 1.44. The number of pyridine rings is 2. The molecule has 5 nitrogen and oxygen atoms in total. The van der Waals surface area contributed by atoms with Gasteiger partial charge in [-0.25, -0.2) is 9.97 Å². The molecule has 0 bridgehead atoms. The van der Waals surface area contributed by atoms with Crippen molar-refractivity contribution in [2.24, 2.45) is 0 Å². The van der Waals surface area contributed by atoms with Crippen LogP contribution in [0.15, 0.2) is 76.9 Å². The second kappa shape index (κ2) is 8.30. The number of nitrogens with zero attached hydrogens (tertiary/aromatic N) is 2. The van der Waals surface area contributed by atoms with E-state index in [0.717, 1.165) is 15.5 Å². The lowest BCUT2D eigenvalue weighted by Crippen LogP contribution is -2.23. The van der Waals surface area contributed by atoms with Gasteiger partial charge < -0.3 is 10.1 Å². The Morgan fingerprint density at radius 2 is 1.84 bits per heavy atom. The fraction of sp³-hybridized carbons (Fsp3) is 0.105. The third-order valence-corrected chi connectivity index (χ3v) is 4.42. The minimum Gasteiger partial charge on any atom is -0.481 e. The Morgan fingerprint density at radius 1 is 1.04 bits per heavy atom. The first kappa shape index (κ1) is 17.0. The van der Waals surface area contributed by atoms with Crippen LogP contribution in [0, 0.1) is 0 Å². The zero-order chi connectivity index (χ0) is 17.5. The number of ether oxygens (including phenoxy) is 1. The maximum Gasteiger partial charge on any atom is 0.251 e. The number of hydrogen-bond acceptors (Lipinski definition) is 5. The number of carbonyl (C=O) groups excluding carboxylic acids is 1. The molecule has 2 heterocycles. The van der Waals surface area contributed by atoms with E-state index < -0.39 is 0 Å². The maximum atomic E-state index is 12.3. The SMILES string of the molecule is COc1ncccc1CNC(=O)c1ccc(Sc2ccccn2)cc1. The van der Waals surface area contributed by atoms with Crippen molar-refractivity contribution in [1.82, 2.24) is 15.3 Å². The predicted octanol–water partition coefficient (Wildman–Crippen LogP) is 3.57. The van der Waals surface area contributed by atoms with E-state index in [-0.39, 0.29) is 5.91 Å². The highest BCUT2D eigenvalue weighted by molar-refractivity contribution is 7.99. The molecule has 3 rings (SSSR count). The average molecular weight is 351 g/mol. The van der Waals surface area contributed by atoms with Crippen LogP contribution in [0.25, 0.3) is 0 Å². The summed E-state index contributed by atoms with van der Waals surface area (Å²) < 4.78 is 5.18. The van der Waals surface area contributed by atoms with Gasteiger partial charge in [-0.15, -0.1) is 0 Å². The van der Waals surface area contributed by atoms with Gasteiger partial charge in [0.15, 0.2) is 0 Å². The number of nitrogens with one attached hydrogen (secondary N) is 1. The molecule has 0 aliphatic rings. The van der Waals surface area contributed by atoms with Gasteiger partial charge in [0.05, 0.1) is 7.11 Å². The van der Waals surface area contributed by atoms with E-state index in [4.69, 9.17) is 4.74 Å². The Morgan fingerprint density at radius 3 is 2.56 bits per heavy atom. The van der Waals surface area contributed by atoms with Crippen molar-refractivity contribution < 1.29 is 9.53 Å². The molecule has 1 amide bonds. The van der Waals surface area contributed by atoms with Gasteiger partial charge in [-0.2, -0.15) is 0 Å². The average Bonchev–Trinajstić information content (AvgIpc) is 2.67. The van der Waals surface area contributed by atoms with Gasteiger partial charge in [0, 0.05) is 35.0 Å². The van der Waals surface area contributed by atoms with Crippen molar-refractivity contribution in [3.63, 3.8) is 0 Å². The molecule has 3 aromatic rings. The summed E-state index contributed by atoms with van der Waals surface area (Å²) in [4.78, 5) is 21.7. The van der Waals surface area contributed by atoms with Crippen molar-refractivity contribution >= 4 is 17.7 Å². The molecular formula is C19H17N3O2S. The van der Waals surface area contributed by atoms with Gasteiger partial charge in [0.25, 0.3) is 5.91 Å². The summed E-state index contributed by atoms with van der Waals surface area (Å²) in [5, 5.41) is 3.80. The predicted molar refractivity (Wildman–Crippen MR) is 96.8 cm³/mol. The van der Waals surface area contributed by atoms with Gasteiger partial charge in [0.1, 0.15) is 5.03 Å². The number of amides is 1. The molecule has 0 saturated carbocycles. The topological polar surface area (TPSA) is 64.1 Å². The van der Waals surface area contributed by atoms with Crippen molar-refractivity contribution in [1.29, 1.82) is 0 Å². The second-order valence-corrected chi connectivity index (χ2v) is 6.24. The first-order valence-electron chi connectivity index (χ1n) is 7.71. The molecular weight excluding hydrogens is 334 g/mol. The van der Waals surface area contributed by atoms with Crippen LogP contribution in [-0.4, -0.2) is 23.0 Å². The standard InChI is InChI=1S/C19H17N3O2S/c1-24-19-15(5-4-12-21-19)13-22-18(23)14-7-9-16(10-8-14)25-17-6-2-3-11-20-17/h2-12H,13H2,1H3,(H,22,23). The van der Waals surface area contributed by atoms with Crippen LogP contribution < -0.4 is 10.1 Å². The molecule has 25 heavy (non-hydrogen) atoms. The molecule has 0 unspecified atom stereocenters. The largest absolute Gasteiger partial charge is 0.481 e. The van der Waals surface area contributed by atoms with Gasteiger partial charge >= 0.3 is 0 Å². The minimum atomic E-state index is -0.139. The van der Waals surface area contributed by atoms with E-state index in [0.29, 0.717) is 18.0 Å². The molecule has 0 radical (unpaired) electrons. The first-order chi connectivity index (χ1) is 12.3. The lowest BCUT2D eigenvalue weighted by Gasteiger charge is -2.09. The van der Waals surface area contributed by atoms with Gasteiger partial charge in [-0.1, -0.05) is 23.9 Å². The fourth-order valence-electron chi connectivity index (χ4n) is 2.22. The first-order valence-corrected chi connectivity index (χ1v) is 8.53. The molecule has 0 saturated heterocycles. The highest BCUT2D eigenvalue weighted by atomic mass is 32.2. The molecule has 1 aromatic carbocycles. The molecule has 0 atom stereocenters. The molecule has 0 spiro atoms. The number of aromatic nitrogens is 2. The third-order valence-electron chi connectivity index (χ3n) is 3.46. The summed E-state index contributed by atoms with van der Waals surface area (Å²) in [5.74, 6) is 0.380. The van der Waals surface area contributed by atoms with Crippen LogP contribution in [0.2, 0.25) is 0 Å². The Labute approximate surface area is 150 Å². The molecule has 1 N–H and O–H groups in total. The lowest BCUT2D eigenvalue weighted by atomic mass is 10.2. The molecule has 0 aliphatic carbocycles. The number of rotatable bonds is 6. The zero-order valence-corrected chi connectivity index (χ0v) is 14.5. The quantitative estimate of drug-likeness (QED) is 0.735. The number of benzene rings is 1. The highest BCUT2D eigenvalue weighted by Crippen LogP contribution is 2.25. The Balaban J connectivity index is 1.61. The number of methoxy groups -OCH3 is 1. The van der Waals surface area contributed by atoms with Gasteiger partial charge in [-0.3, -0.25) is 4.79 Å². The highest BCUT2D eigenvalue weighted by Gasteiger charge is 2.08. The Bertz CT molecular complexity index is 839. The minimum absolute atomic E-state index is 0.139.